The van der Waals surface area contributed by atoms with Crippen molar-refractivity contribution in [3.63, 3.8) is 0 Å². The molecule has 3 N–H and O–H groups in total. The van der Waals surface area contributed by atoms with Crippen LogP contribution in [-0.2, 0) is 21.1 Å². The Morgan fingerprint density at radius 3 is 2.69 bits per heavy atom. The fourth-order valence-corrected chi connectivity index (χ4v) is 1.10. The van der Waals surface area contributed by atoms with Gasteiger partial charge in [0.1, 0.15) is 0 Å². The number of imidazole rings is 1. The third-order valence-electron chi connectivity index (χ3n) is 1.70. The van der Waals surface area contributed by atoms with Gasteiger partial charge in [-0.15, -0.1) is 6.20 Å². The van der Waals surface area contributed by atoms with Gasteiger partial charge in [0.25, 0.3) is 0 Å². The summed E-state index contributed by atoms with van der Waals surface area (Å²) >= 11 is 0. The van der Waals surface area contributed by atoms with E-state index in [-0.39, 0.29) is 21.1 Å². The van der Waals surface area contributed by atoms with Crippen molar-refractivity contribution in [2.75, 3.05) is 5.73 Å². The Morgan fingerprint density at radius 1 is 1.31 bits per heavy atom. The van der Waals surface area contributed by atoms with E-state index in [1.165, 1.54) is 0 Å². The molecule has 0 atom stereocenters. The molecule has 0 saturated carbocycles. The van der Waals surface area contributed by atoms with E-state index in [1.807, 2.05) is 24.3 Å². The quantitative estimate of drug-likeness (QED) is 0.609. The topological polar surface area (TPSA) is 54.7 Å². The number of rotatable bonds is 1. The van der Waals surface area contributed by atoms with E-state index < -0.39 is 0 Å². The molecule has 0 aliphatic rings. The molecular weight excluding hydrogens is 334 g/mol. The standard InChI is InChI=1S/C9H8N3.W/c10-8-4-2-1-3-7(8)9-5-11-6-12-9;/h1-5H,10H2,(H,11,12);/q-1;. The first-order chi connectivity index (χ1) is 5.88. The summed E-state index contributed by atoms with van der Waals surface area (Å²) in [5.41, 5.74) is 8.36. The number of para-hydroxylation sites is 1. The van der Waals surface area contributed by atoms with Crippen LogP contribution in [0.4, 0.5) is 5.69 Å². The van der Waals surface area contributed by atoms with Crippen LogP contribution >= 0.6 is 0 Å². The number of nitrogens with two attached hydrogens (primary N) is 1. The molecule has 0 fully saturated rings. The van der Waals surface area contributed by atoms with Crippen LogP contribution in [0.25, 0.3) is 11.3 Å². The first-order valence-corrected chi connectivity index (χ1v) is 3.64. The van der Waals surface area contributed by atoms with Crippen molar-refractivity contribution < 1.29 is 21.1 Å². The maximum atomic E-state index is 5.75. The minimum atomic E-state index is 0. The minimum absolute atomic E-state index is 0. The van der Waals surface area contributed by atoms with Crippen LogP contribution in [0.3, 0.4) is 0 Å². The van der Waals surface area contributed by atoms with E-state index in [0.29, 0.717) is 0 Å². The first kappa shape index (κ1) is 10.0. The fraction of sp³-hybridized carbons (Fsp3) is 0. The van der Waals surface area contributed by atoms with E-state index in [0.717, 1.165) is 16.9 Å². The van der Waals surface area contributed by atoms with Crippen molar-refractivity contribution in [2.45, 2.75) is 0 Å². The van der Waals surface area contributed by atoms with Gasteiger partial charge in [-0.2, -0.15) is 0 Å². The van der Waals surface area contributed by atoms with Crippen LogP contribution in [0.5, 0.6) is 0 Å². The smallest absolute Gasteiger partial charge is 0.0273 e. The van der Waals surface area contributed by atoms with Gasteiger partial charge in [0.05, 0.1) is 0 Å². The molecule has 3 nitrogen and oxygen atoms in total. The summed E-state index contributed by atoms with van der Waals surface area (Å²) in [6, 6.07) is 7.64. The number of aromatic amines is 1. The van der Waals surface area contributed by atoms with E-state index in [4.69, 9.17) is 5.73 Å². The Bertz CT molecular complexity index is 370. The van der Waals surface area contributed by atoms with Gasteiger partial charge in [-0.1, -0.05) is 23.9 Å². The Kier molecular flexibility index (Phi) is 3.26. The van der Waals surface area contributed by atoms with Gasteiger partial charge >= 0.3 is 0 Å². The molecule has 2 rings (SSSR count). The molecule has 0 saturated heterocycles. The number of nitrogens with one attached hydrogen (secondary N) is 1. The molecule has 1 heterocycles. The SMILES string of the molecule is Nc1ccccc1-c1cn[c-][nH]1.[W]. The third-order valence-corrected chi connectivity index (χ3v) is 1.70. The van der Waals surface area contributed by atoms with E-state index in [1.54, 1.807) is 6.20 Å². The zero-order chi connectivity index (χ0) is 8.39. The monoisotopic (exact) mass is 342 g/mol. The molecule has 1 aromatic carbocycles. The number of hydrogen-bond donors (Lipinski definition) is 2. The molecular formula is C9H8N3W-. The van der Waals surface area contributed by atoms with Gasteiger partial charge in [-0.3, -0.25) is 0 Å². The Labute approximate surface area is 90.6 Å². The number of hydrogen-bond acceptors (Lipinski definition) is 2. The number of aromatic nitrogens is 2. The van der Waals surface area contributed by atoms with Crippen LogP contribution in [0.15, 0.2) is 30.5 Å². The summed E-state index contributed by atoms with van der Waals surface area (Å²) in [5, 5.41) is 0. The number of nitrogen functional groups attached to an aromatic ring is 1. The predicted octanol–water partition coefficient (Wildman–Crippen LogP) is 1.46. The molecule has 13 heavy (non-hydrogen) atoms. The van der Waals surface area contributed by atoms with Crippen LogP contribution in [0, 0.1) is 6.33 Å². The first-order valence-electron chi connectivity index (χ1n) is 3.64. The van der Waals surface area contributed by atoms with E-state index >= 15 is 0 Å². The number of benzene rings is 1. The molecule has 0 spiro atoms. The van der Waals surface area contributed by atoms with E-state index in [9.17, 15) is 0 Å². The van der Waals surface area contributed by atoms with Gasteiger partial charge in [0.15, 0.2) is 0 Å². The Balaban J connectivity index is 0.000000845. The molecule has 0 aliphatic heterocycles. The van der Waals surface area contributed by atoms with Crippen molar-refractivity contribution in [2.24, 2.45) is 0 Å². The summed E-state index contributed by atoms with van der Waals surface area (Å²) in [6.07, 6.45) is 4.32. The van der Waals surface area contributed by atoms with Crippen molar-refractivity contribution in [3.8, 4) is 11.3 Å². The average molecular weight is 342 g/mol. The summed E-state index contributed by atoms with van der Waals surface area (Å²) in [7, 11) is 0. The summed E-state index contributed by atoms with van der Waals surface area (Å²) in [4.78, 5) is 6.68. The van der Waals surface area contributed by atoms with Crippen LogP contribution in [-0.4, -0.2) is 9.97 Å². The van der Waals surface area contributed by atoms with Crippen LogP contribution in [0.1, 0.15) is 0 Å². The van der Waals surface area contributed by atoms with E-state index in [2.05, 4.69) is 16.3 Å². The molecule has 2 aromatic rings. The average Bonchev–Trinajstić information content (AvgIpc) is 2.57. The molecule has 1 aromatic heterocycles. The van der Waals surface area contributed by atoms with Crippen molar-refractivity contribution in [1.82, 2.24) is 9.97 Å². The van der Waals surface area contributed by atoms with Crippen LogP contribution < -0.4 is 5.73 Å². The van der Waals surface area contributed by atoms with Gasteiger partial charge < -0.3 is 15.7 Å². The maximum Gasteiger partial charge on any atom is 0.0273 e. The normalized spacial score (nSPS) is 9.23. The Hall–Kier alpha value is -1.08. The second-order valence-electron chi connectivity index (χ2n) is 2.50. The largest absolute Gasteiger partial charge is 0.460 e. The second-order valence-corrected chi connectivity index (χ2v) is 2.50. The van der Waals surface area contributed by atoms with Crippen molar-refractivity contribution >= 4 is 5.69 Å². The third kappa shape index (κ3) is 1.98. The van der Waals surface area contributed by atoms with Crippen molar-refractivity contribution in [3.05, 3.63) is 36.8 Å². The fourth-order valence-electron chi connectivity index (χ4n) is 1.10. The molecule has 0 amide bonds. The Morgan fingerprint density at radius 2 is 2.08 bits per heavy atom. The maximum absolute atomic E-state index is 5.75. The van der Waals surface area contributed by atoms with Crippen molar-refractivity contribution in [1.29, 1.82) is 0 Å². The number of H-pyrrole nitrogens is 1. The molecule has 4 heteroatoms. The van der Waals surface area contributed by atoms with Gasteiger partial charge in [-0.05, 0) is 18.0 Å². The minimum Gasteiger partial charge on any atom is -0.460 e. The molecule has 0 unspecified atom stereocenters. The molecule has 0 aliphatic carbocycles. The zero-order valence-corrected chi connectivity index (χ0v) is 9.75. The van der Waals surface area contributed by atoms with Gasteiger partial charge in [0.2, 0.25) is 0 Å². The molecule has 0 bridgehead atoms. The number of anilines is 1. The summed E-state index contributed by atoms with van der Waals surface area (Å²) < 4.78 is 0. The number of nitrogens with zero attached hydrogens (tertiary/aromatic N) is 1. The molecule has 66 valence electrons. The van der Waals surface area contributed by atoms with Gasteiger partial charge in [0, 0.05) is 26.8 Å². The summed E-state index contributed by atoms with van der Waals surface area (Å²) in [5.74, 6) is 0. The second kappa shape index (κ2) is 4.24. The molecule has 0 radical (unpaired) electrons. The van der Waals surface area contributed by atoms with Crippen LogP contribution in [0.2, 0.25) is 0 Å². The summed E-state index contributed by atoms with van der Waals surface area (Å²) in [6.45, 7) is 0. The van der Waals surface area contributed by atoms with Gasteiger partial charge in [-0.25, -0.2) is 0 Å². The predicted molar refractivity (Wildman–Crippen MR) is 47.3 cm³/mol. The zero-order valence-electron chi connectivity index (χ0n) is 6.82.